The first-order valence-electron chi connectivity index (χ1n) is 9.65. The molecule has 0 aliphatic rings. The van der Waals surface area contributed by atoms with Gasteiger partial charge in [-0.2, -0.15) is 5.10 Å². The number of methoxy groups -OCH3 is 1. The Morgan fingerprint density at radius 3 is 2.45 bits per heavy atom. The second-order valence-corrected chi connectivity index (χ2v) is 8.13. The lowest BCUT2D eigenvalue weighted by Crippen LogP contribution is -2.19. The lowest BCUT2D eigenvalue weighted by Gasteiger charge is -2.13. The van der Waals surface area contributed by atoms with Crippen molar-refractivity contribution in [2.24, 2.45) is 5.10 Å². The molecule has 3 rings (SSSR count). The zero-order chi connectivity index (χ0) is 23.8. The molecule has 0 aliphatic carbocycles. The largest absolute Gasteiger partial charge is 0.493 e. The van der Waals surface area contributed by atoms with Crippen LogP contribution in [0.15, 0.2) is 70.2 Å². The first kappa shape index (κ1) is 24.2. The third-order valence-corrected chi connectivity index (χ3v) is 5.30. The van der Waals surface area contributed by atoms with Crippen molar-refractivity contribution in [3.8, 4) is 11.5 Å². The Morgan fingerprint density at radius 1 is 1.15 bits per heavy atom. The molecule has 1 amide bonds. The molecule has 1 N–H and O–H groups in total. The zero-order valence-electron chi connectivity index (χ0n) is 17.5. The van der Waals surface area contributed by atoms with E-state index in [0.29, 0.717) is 38.7 Å². The summed E-state index contributed by atoms with van der Waals surface area (Å²) in [6.45, 7) is 0.332. The number of nitro groups is 1. The molecule has 0 aromatic heterocycles. The fourth-order valence-corrected chi connectivity index (χ4v) is 3.53. The Kier molecular flexibility index (Phi) is 8.39. The number of carbonyl (C=O) groups is 1. The second kappa shape index (κ2) is 11.4. The number of halogens is 2. The summed E-state index contributed by atoms with van der Waals surface area (Å²) in [6.07, 6.45) is 1.52. The number of nitro benzene ring substituents is 1. The predicted molar refractivity (Wildman–Crippen MR) is 129 cm³/mol. The number of nitrogens with zero attached hydrogens (tertiary/aromatic N) is 2. The molecule has 0 saturated carbocycles. The van der Waals surface area contributed by atoms with E-state index in [1.807, 2.05) is 12.1 Å². The van der Waals surface area contributed by atoms with Crippen LogP contribution in [0.2, 0.25) is 5.02 Å². The zero-order valence-corrected chi connectivity index (χ0v) is 19.8. The molecular weight excluding hydrogens is 514 g/mol. The topological polar surface area (TPSA) is 103 Å². The van der Waals surface area contributed by atoms with E-state index in [-0.39, 0.29) is 18.0 Å². The summed E-state index contributed by atoms with van der Waals surface area (Å²) in [5, 5.41) is 15.3. The van der Waals surface area contributed by atoms with Crippen LogP contribution in [0.25, 0.3) is 0 Å². The molecule has 0 fully saturated rings. The van der Waals surface area contributed by atoms with Crippen LogP contribution in [0.1, 0.15) is 16.7 Å². The molecule has 3 aromatic carbocycles. The molecule has 0 bridgehead atoms. The number of nitrogens with one attached hydrogen (secondary N) is 1. The van der Waals surface area contributed by atoms with Crippen molar-refractivity contribution in [2.75, 3.05) is 7.11 Å². The fourth-order valence-electron chi connectivity index (χ4n) is 2.83. The van der Waals surface area contributed by atoms with Crippen molar-refractivity contribution < 1.29 is 19.2 Å². The van der Waals surface area contributed by atoms with Crippen molar-refractivity contribution in [2.45, 2.75) is 13.0 Å². The van der Waals surface area contributed by atoms with E-state index < -0.39 is 4.92 Å². The number of hydrogen-bond acceptors (Lipinski definition) is 6. The van der Waals surface area contributed by atoms with Crippen LogP contribution >= 0.6 is 27.5 Å². The standard InChI is InChI=1S/C23H19BrClN3O5/c1-32-21-11-17(10-20(24)23(21)33-14-16-2-6-18(25)7-3-16)13-26-27-22(29)12-15-4-8-19(9-5-15)28(30)31/h2-11,13H,12,14H2,1H3,(H,27,29)/b26-13-. The van der Waals surface area contributed by atoms with Crippen molar-refractivity contribution in [1.29, 1.82) is 0 Å². The normalized spacial score (nSPS) is 10.8. The van der Waals surface area contributed by atoms with Gasteiger partial charge < -0.3 is 9.47 Å². The number of benzene rings is 3. The Bertz CT molecular complexity index is 1170. The number of ether oxygens (including phenoxy) is 2. The van der Waals surface area contributed by atoms with Gasteiger partial charge in [-0.25, -0.2) is 5.43 Å². The molecule has 0 saturated heterocycles. The van der Waals surface area contributed by atoms with Gasteiger partial charge in [-0.05, 0) is 56.9 Å². The van der Waals surface area contributed by atoms with Crippen molar-refractivity contribution in [1.82, 2.24) is 5.43 Å². The van der Waals surface area contributed by atoms with E-state index in [2.05, 4.69) is 26.5 Å². The summed E-state index contributed by atoms with van der Waals surface area (Å²) < 4.78 is 12.0. The van der Waals surface area contributed by atoms with E-state index in [4.69, 9.17) is 21.1 Å². The predicted octanol–water partition coefficient (Wildman–Crippen LogP) is 5.29. The molecule has 8 nitrogen and oxygen atoms in total. The highest BCUT2D eigenvalue weighted by Gasteiger charge is 2.12. The average Bonchev–Trinajstić information content (AvgIpc) is 2.79. The van der Waals surface area contributed by atoms with Gasteiger partial charge in [-0.1, -0.05) is 35.9 Å². The number of hydrogen-bond donors (Lipinski definition) is 1. The Balaban J connectivity index is 1.60. The smallest absolute Gasteiger partial charge is 0.269 e. The summed E-state index contributed by atoms with van der Waals surface area (Å²) >= 11 is 9.39. The van der Waals surface area contributed by atoms with Crippen LogP contribution in [-0.4, -0.2) is 24.2 Å². The summed E-state index contributed by atoms with van der Waals surface area (Å²) in [7, 11) is 1.53. The van der Waals surface area contributed by atoms with Gasteiger partial charge in [-0.15, -0.1) is 0 Å². The molecule has 0 heterocycles. The van der Waals surface area contributed by atoms with Crippen molar-refractivity contribution >= 4 is 45.3 Å². The second-order valence-electron chi connectivity index (χ2n) is 6.84. The lowest BCUT2D eigenvalue weighted by molar-refractivity contribution is -0.384. The van der Waals surface area contributed by atoms with Gasteiger partial charge in [0.1, 0.15) is 6.61 Å². The van der Waals surface area contributed by atoms with Crippen LogP contribution in [0, 0.1) is 10.1 Å². The number of non-ortho nitro benzene ring substituents is 1. The Morgan fingerprint density at radius 2 is 1.82 bits per heavy atom. The molecule has 0 atom stereocenters. The van der Waals surface area contributed by atoms with Crippen LogP contribution in [0.4, 0.5) is 5.69 Å². The average molecular weight is 533 g/mol. The lowest BCUT2D eigenvalue weighted by atomic mass is 10.1. The van der Waals surface area contributed by atoms with Gasteiger partial charge in [-0.3, -0.25) is 14.9 Å². The Hall–Kier alpha value is -3.43. The third-order valence-electron chi connectivity index (χ3n) is 4.46. The van der Waals surface area contributed by atoms with Crippen LogP contribution in [0.5, 0.6) is 11.5 Å². The maximum absolute atomic E-state index is 12.1. The van der Waals surface area contributed by atoms with Gasteiger partial charge in [0.25, 0.3) is 5.69 Å². The summed E-state index contributed by atoms with van der Waals surface area (Å²) in [5.41, 5.74) is 4.67. The number of rotatable bonds is 9. The molecule has 0 aliphatic heterocycles. The molecule has 3 aromatic rings. The van der Waals surface area contributed by atoms with Gasteiger partial charge in [0.15, 0.2) is 11.5 Å². The van der Waals surface area contributed by atoms with Gasteiger partial charge in [0.2, 0.25) is 5.91 Å². The van der Waals surface area contributed by atoms with Crippen molar-refractivity contribution in [3.05, 3.63) is 97.0 Å². The quantitative estimate of drug-likeness (QED) is 0.229. The number of carbonyl (C=O) groups excluding carboxylic acids is 1. The van der Waals surface area contributed by atoms with Crippen LogP contribution in [0.3, 0.4) is 0 Å². The molecule has 0 unspecified atom stereocenters. The van der Waals surface area contributed by atoms with E-state index in [1.165, 1.54) is 37.6 Å². The van der Waals surface area contributed by atoms with E-state index in [1.54, 1.807) is 24.3 Å². The first-order valence-corrected chi connectivity index (χ1v) is 10.8. The monoisotopic (exact) mass is 531 g/mol. The minimum absolute atomic E-state index is 0.0303. The van der Waals surface area contributed by atoms with Crippen LogP contribution < -0.4 is 14.9 Å². The summed E-state index contributed by atoms with van der Waals surface area (Å²) in [5.74, 6) is 0.679. The molecule has 0 radical (unpaired) electrons. The maximum Gasteiger partial charge on any atom is 0.269 e. The van der Waals surface area contributed by atoms with Crippen molar-refractivity contribution in [3.63, 3.8) is 0 Å². The van der Waals surface area contributed by atoms with Gasteiger partial charge in [0, 0.05) is 17.2 Å². The van der Waals surface area contributed by atoms with Crippen LogP contribution in [-0.2, 0) is 17.8 Å². The van der Waals surface area contributed by atoms with E-state index in [9.17, 15) is 14.9 Å². The first-order chi connectivity index (χ1) is 15.9. The van der Waals surface area contributed by atoms with E-state index >= 15 is 0 Å². The molecular formula is C23H19BrClN3O5. The van der Waals surface area contributed by atoms with E-state index in [0.717, 1.165) is 5.56 Å². The third kappa shape index (κ3) is 7.03. The summed E-state index contributed by atoms with van der Waals surface area (Å²) in [6, 6.07) is 16.6. The minimum Gasteiger partial charge on any atom is -0.493 e. The fraction of sp³-hybridized carbons (Fsp3) is 0.130. The number of amides is 1. The highest BCUT2D eigenvalue weighted by Crippen LogP contribution is 2.36. The number of hydrazone groups is 1. The van der Waals surface area contributed by atoms with Gasteiger partial charge in [0.05, 0.1) is 29.1 Å². The molecule has 10 heteroatoms. The van der Waals surface area contributed by atoms with Gasteiger partial charge >= 0.3 is 0 Å². The molecule has 170 valence electrons. The minimum atomic E-state index is -0.492. The SMILES string of the molecule is COc1cc(/C=N\NC(=O)Cc2ccc([N+](=O)[O-])cc2)cc(Br)c1OCc1ccc(Cl)cc1. The Labute approximate surface area is 203 Å². The molecule has 33 heavy (non-hydrogen) atoms. The molecule has 0 spiro atoms. The highest BCUT2D eigenvalue weighted by atomic mass is 79.9. The summed E-state index contributed by atoms with van der Waals surface area (Å²) in [4.78, 5) is 22.3. The highest BCUT2D eigenvalue weighted by molar-refractivity contribution is 9.10. The maximum atomic E-state index is 12.1.